The molecule has 0 amide bonds. The summed E-state index contributed by atoms with van der Waals surface area (Å²) < 4.78 is 30.7. The fourth-order valence-corrected chi connectivity index (χ4v) is 5.12. The van der Waals surface area contributed by atoms with Gasteiger partial charge in [0.2, 0.25) is 0 Å². The molecule has 0 spiro atoms. The quantitative estimate of drug-likeness (QED) is 0.416. The lowest BCUT2D eigenvalue weighted by atomic mass is 9.73. The van der Waals surface area contributed by atoms with Gasteiger partial charge in [-0.2, -0.15) is 0 Å². The normalized spacial score (nSPS) is 21.0. The third kappa shape index (κ3) is 4.49. The highest BCUT2D eigenvalue weighted by atomic mass is 19.1. The zero-order chi connectivity index (χ0) is 22.7. The van der Waals surface area contributed by atoms with E-state index in [1.54, 1.807) is 0 Å². The summed E-state index contributed by atoms with van der Waals surface area (Å²) in [6, 6.07) is 18.2. The van der Waals surface area contributed by atoms with Crippen LogP contribution in [0.1, 0.15) is 63.5 Å². The molecule has 1 aliphatic carbocycles. The van der Waals surface area contributed by atoms with Crippen molar-refractivity contribution in [2.75, 3.05) is 0 Å². The van der Waals surface area contributed by atoms with Gasteiger partial charge in [0.25, 0.3) is 0 Å². The number of benzene rings is 3. The molecule has 0 aliphatic heterocycles. The Morgan fingerprint density at radius 2 is 1.50 bits per heavy atom. The third-order valence-electron chi connectivity index (χ3n) is 7.08. The smallest absolute Gasteiger partial charge is 0.131 e. The van der Waals surface area contributed by atoms with Gasteiger partial charge in [-0.3, -0.25) is 0 Å². The van der Waals surface area contributed by atoms with Crippen molar-refractivity contribution in [3.05, 3.63) is 83.4 Å². The second-order valence-electron chi connectivity index (χ2n) is 9.17. The SMILES string of the molecule is CCCC1CCC(O)(c2cc(F)c(-c3ccccc3-c3ccc(CC)cc3)cc2F)CC1. The summed E-state index contributed by atoms with van der Waals surface area (Å²) in [7, 11) is 0. The van der Waals surface area contributed by atoms with Crippen LogP contribution < -0.4 is 0 Å². The predicted molar refractivity (Wildman–Crippen MR) is 127 cm³/mol. The highest BCUT2D eigenvalue weighted by Gasteiger charge is 2.37. The molecule has 3 aromatic rings. The number of rotatable bonds is 6. The molecule has 4 rings (SSSR count). The van der Waals surface area contributed by atoms with Crippen LogP contribution in [0.4, 0.5) is 8.78 Å². The lowest BCUT2D eigenvalue weighted by Crippen LogP contribution is -2.32. The van der Waals surface area contributed by atoms with Crippen molar-refractivity contribution in [1.29, 1.82) is 0 Å². The van der Waals surface area contributed by atoms with Crippen LogP contribution in [0, 0.1) is 17.6 Å². The summed E-state index contributed by atoms with van der Waals surface area (Å²) in [5.74, 6) is -0.462. The van der Waals surface area contributed by atoms with Gasteiger partial charge >= 0.3 is 0 Å². The summed E-state index contributed by atoms with van der Waals surface area (Å²) in [5.41, 5.74) is 2.74. The average molecular weight is 435 g/mol. The van der Waals surface area contributed by atoms with Crippen molar-refractivity contribution >= 4 is 0 Å². The van der Waals surface area contributed by atoms with E-state index in [0.29, 0.717) is 24.3 Å². The molecule has 0 saturated heterocycles. The lowest BCUT2D eigenvalue weighted by Gasteiger charge is -2.36. The first-order valence-electron chi connectivity index (χ1n) is 11.9. The van der Waals surface area contributed by atoms with E-state index < -0.39 is 17.2 Å². The Morgan fingerprint density at radius 3 is 2.12 bits per heavy atom. The van der Waals surface area contributed by atoms with Gasteiger partial charge < -0.3 is 5.11 Å². The van der Waals surface area contributed by atoms with Crippen LogP contribution in [-0.2, 0) is 12.0 Å². The number of hydrogen-bond acceptors (Lipinski definition) is 1. The Labute approximate surface area is 190 Å². The molecular formula is C29H32F2O. The summed E-state index contributed by atoms with van der Waals surface area (Å²) in [5, 5.41) is 11.2. The monoisotopic (exact) mass is 434 g/mol. The van der Waals surface area contributed by atoms with Crippen LogP contribution in [0.15, 0.2) is 60.7 Å². The van der Waals surface area contributed by atoms with Crippen LogP contribution in [0.2, 0.25) is 0 Å². The molecule has 0 unspecified atom stereocenters. The summed E-state index contributed by atoms with van der Waals surface area (Å²) in [4.78, 5) is 0. The van der Waals surface area contributed by atoms with Gasteiger partial charge in [-0.15, -0.1) is 0 Å². The minimum absolute atomic E-state index is 0.0958. The highest BCUT2D eigenvalue weighted by molar-refractivity contribution is 5.83. The molecule has 0 aromatic heterocycles. The van der Waals surface area contributed by atoms with E-state index in [9.17, 15) is 5.11 Å². The summed E-state index contributed by atoms with van der Waals surface area (Å²) in [6.07, 6.45) is 5.85. The number of halogens is 2. The van der Waals surface area contributed by atoms with Gasteiger partial charge in [0.15, 0.2) is 0 Å². The predicted octanol–water partition coefficient (Wildman–Crippen LogP) is 8.04. The molecule has 0 bridgehead atoms. The van der Waals surface area contributed by atoms with Gasteiger partial charge in [-0.25, -0.2) is 8.78 Å². The van der Waals surface area contributed by atoms with Crippen molar-refractivity contribution in [1.82, 2.24) is 0 Å². The Hall–Kier alpha value is -2.52. The van der Waals surface area contributed by atoms with Gasteiger partial charge in [0, 0.05) is 11.1 Å². The average Bonchev–Trinajstić information content (AvgIpc) is 2.82. The van der Waals surface area contributed by atoms with Crippen LogP contribution in [-0.4, -0.2) is 5.11 Å². The van der Waals surface area contributed by atoms with E-state index in [1.807, 2.05) is 36.4 Å². The minimum atomic E-state index is -1.29. The largest absolute Gasteiger partial charge is 0.385 e. The Bertz CT molecular complexity index is 1060. The fraction of sp³-hybridized carbons (Fsp3) is 0.379. The first kappa shape index (κ1) is 22.7. The van der Waals surface area contributed by atoms with E-state index in [2.05, 4.69) is 26.0 Å². The zero-order valence-electron chi connectivity index (χ0n) is 19.0. The standard InChI is InChI=1S/C29H32F2O/c1-3-7-21-14-16-29(32,17-15-21)26-19-27(30)25(18-28(26)31)24-9-6-5-8-23(24)22-12-10-20(4-2)11-13-22/h5-6,8-13,18-19,21,32H,3-4,7,14-17H2,1-2H3. The Morgan fingerprint density at radius 1 is 0.844 bits per heavy atom. The molecule has 32 heavy (non-hydrogen) atoms. The second kappa shape index (κ2) is 9.54. The first-order chi connectivity index (χ1) is 15.4. The van der Waals surface area contributed by atoms with Crippen molar-refractivity contribution in [3.8, 4) is 22.3 Å². The molecule has 1 aliphatic rings. The molecule has 1 saturated carbocycles. The van der Waals surface area contributed by atoms with Crippen LogP contribution in [0.3, 0.4) is 0 Å². The second-order valence-corrected chi connectivity index (χ2v) is 9.17. The maximum atomic E-state index is 15.4. The topological polar surface area (TPSA) is 20.2 Å². The number of aliphatic hydroxyl groups is 1. The first-order valence-corrected chi connectivity index (χ1v) is 11.9. The van der Waals surface area contributed by atoms with Gasteiger partial charge in [-0.05, 0) is 72.4 Å². The van der Waals surface area contributed by atoms with Crippen LogP contribution in [0.25, 0.3) is 22.3 Å². The van der Waals surface area contributed by atoms with Gasteiger partial charge in [0.05, 0.1) is 5.60 Å². The molecule has 1 fully saturated rings. The maximum Gasteiger partial charge on any atom is 0.131 e. The van der Waals surface area contributed by atoms with E-state index in [-0.39, 0.29) is 11.1 Å². The number of aryl methyl sites for hydroxylation is 1. The lowest BCUT2D eigenvalue weighted by molar-refractivity contribution is -0.0183. The fourth-order valence-electron chi connectivity index (χ4n) is 5.12. The molecule has 0 radical (unpaired) electrons. The van der Waals surface area contributed by atoms with Crippen molar-refractivity contribution < 1.29 is 13.9 Å². The molecule has 0 atom stereocenters. The zero-order valence-corrected chi connectivity index (χ0v) is 19.0. The number of hydrogen-bond donors (Lipinski definition) is 1. The van der Waals surface area contributed by atoms with Crippen LogP contribution >= 0.6 is 0 Å². The molecule has 0 heterocycles. The van der Waals surface area contributed by atoms with E-state index >= 15 is 8.78 Å². The maximum absolute atomic E-state index is 15.4. The van der Waals surface area contributed by atoms with E-state index in [4.69, 9.17) is 0 Å². The molecular weight excluding hydrogens is 402 g/mol. The van der Waals surface area contributed by atoms with Crippen molar-refractivity contribution in [2.24, 2.45) is 5.92 Å². The third-order valence-corrected chi connectivity index (χ3v) is 7.08. The molecule has 3 heteroatoms. The Balaban J connectivity index is 1.69. The van der Waals surface area contributed by atoms with Gasteiger partial charge in [-0.1, -0.05) is 75.2 Å². The molecule has 1 N–H and O–H groups in total. The highest BCUT2D eigenvalue weighted by Crippen LogP contribution is 2.43. The molecule has 168 valence electrons. The van der Waals surface area contributed by atoms with E-state index in [0.717, 1.165) is 43.2 Å². The van der Waals surface area contributed by atoms with Crippen LogP contribution in [0.5, 0.6) is 0 Å². The van der Waals surface area contributed by atoms with Gasteiger partial charge in [0.1, 0.15) is 11.6 Å². The summed E-state index contributed by atoms with van der Waals surface area (Å²) in [6.45, 7) is 4.26. The van der Waals surface area contributed by atoms with Crippen molar-refractivity contribution in [2.45, 2.75) is 64.4 Å². The molecule has 1 nitrogen and oxygen atoms in total. The van der Waals surface area contributed by atoms with Crippen molar-refractivity contribution in [3.63, 3.8) is 0 Å². The molecule has 3 aromatic carbocycles. The summed E-state index contributed by atoms with van der Waals surface area (Å²) >= 11 is 0. The van der Waals surface area contributed by atoms with E-state index in [1.165, 1.54) is 17.7 Å². The Kier molecular flexibility index (Phi) is 6.76. The minimum Gasteiger partial charge on any atom is -0.385 e.